The molecular weight excluding hydrogens is 216 g/mol. The van der Waals surface area contributed by atoms with E-state index in [1.807, 2.05) is 30.3 Å². The van der Waals surface area contributed by atoms with Gasteiger partial charge in [0.25, 0.3) is 0 Å². The fourth-order valence-electron chi connectivity index (χ4n) is 1.36. The molecule has 0 saturated heterocycles. The maximum atomic E-state index is 11.2. The van der Waals surface area contributed by atoms with Crippen LogP contribution in [0, 0.1) is 0 Å². The molecule has 1 rings (SSSR count). The third kappa shape index (κ3) is 6.58. The summed E-state index contributed by atoms with van der Waals surface area (Å²) in [6.45, 7) is 1.82. The molecule has 1 amide bonds. The molecule has 94 valence electrons. The van der Waals surface area contributed by atoms with Gasteiger partial charge in [-0.2, -0.15) is 0 Å². The van der Waals surface area contributed by atoms with Gasteiger partial charge in [0, 0.05) is 13.0 Å². The van der Waals surface area contributed by atoms with Gasteiger partial charge in [-0.05, 0) is 31.5 Å². The summed E-state index contributed by atoms with van der Waals surface area (Å²) in [7, 11) is 0. The molecule has 0 saturated carbocycles. The number of rotatable bonds is 8. The van der Waals surface area contributed by atoms with E-state index in [2.05, 4.69) is 5.32 Å². The van der Waals surface area contributed by atoms with Crippen LogP contribution in [0.1, 0.15) is 19.3 Å². The molecule has 0 spiro atoms. The van der Waals surface area contributed by atoms with Crippen LogP contribution in [0.3, 0.4) is 0 Å². The normalized spacial score (nSPS) is 9.94. The van der Waals surface area contributed by atoms with Crippen LogP contribution in [0.25, 0.3) is 0 Å². The van der Waals surface area contributed by atoms with Gasteiger partial charge in [-0.15, -0.1) is 0 Å². The first-order valence-electron chi connectivity index (χ1n) is 5.97. The fraction of sp³-hybridized carbons (Fsp3) is 0.462. The minimum atomic E-state index is 0.0650. The van der Waals surface area contributed by atoms with Crippen molar-refractivity contribution in [3.8, 4) is 5.75 Å². The number of benzene rings is 1. The monoisotopic (exact) mass is 236 g/mol. The lowest BCUT2D eigenvalue weighted by Gasteiger charge is -2.07. The number of nitrogens with one attached hydrogen (secondary N) is 1. The molecule has 0 unspecified atom stereocenters. The van der Waals surface area contributed by atoms with Gasteiger partial charge in [0.05, 0.1) is 6.61 Å². The Hall–Kier alpha value is -1.55. The first-order valence-corrected chi connectivity index (χ1v) is 5.97. The molecule has 0 atom stereocenters. The SMILES string of the molecule is NCCCC(=O)NCCCOc1ccccc1. The van der Waals surface area contributed by atoms with E-state index in [1.165, 1.54) is 0 Å². The third-order valence-electron chi connectivity index (χ3n) is 2.26. The quantitative estimate of drug-likeness (QED) is 0.669. The van der Waals surface area contributed by atoms with Crippen LogP contribution in [-0.4, -0.2) is 25.6 Å². The van der Waals surface area contributed by atoms with Crippen LogP contribution in [0.5, 0.6) is 5.75 Å². The van der Waals surface area contributed by atoms with Gasteiger partial charge >= 0.3 is 0 Å². The summed E-state index contributed by atoms with van der Waals surface area (Å²) in [6, 6.07) is 9.65. The zero-order chi connectivity index (χ0) is 12.3. The van der Waals surface area contributed by atoms with Gasteiger partial charge in [0.1, 0.15) is 5.75 Å². The van der Waals surface area contributed by atoms with Gasteiger partial charge < -0.3 is 15.8 Å². The summed E-state index contributed by atoms with van der Waals surface area (Å²) in [5.41, 5.74) is 5.32. The van der Waals surface area contributed by atoms with E-state index >= 15 is 0 Å². The van der Waals surface area contributed by atoms with Gasteiger partial charge in [-0.1, -0.05) is 18.2 Å². The number of ether oxygens (including phenoxy) is 1. The lowest BCUT2D eigenvalue weighted by Crippen LogP contribution is -2.25. The molecule has 17 heavy (non-hydrogen) atoms. The van der Waals surface area contributed by atoms with Crippen LogP contribution in [0.2, 0.25) is 0 Å². The average molecular weight is 236 g/mol. The Morgan fingerprint density at radius 2 is 2.00 bits per heavy atom. The van der Waals surface area contributed by atoms with Crippen molar-refractivity contribution in [2.24, 2.45) is 5.73 Å². The molecule has 0 radical (unpaired) electrons. The van der Waals surface area contributed by atoms with Crippen molar-refractivity contribution in [3.05, 3.63) is 30.3 Å². The van der Waals surface area contributed by atoms with E-state index in [4.69, 9.17) is 10.5 Å². The molecule has 1 aromatic carbocycles. The minimum absolute atomic E-state index is 0.0650. The Bertz CT molecular complexity index is 314. The highest BCUT2D eigenvalue weighted by Crippen LogP contribution is 2.07. The number of amides is 1. The van der Waals surface area contributed by atoms with Crippen molar-refractivity contribution in [2.75, 3.05) is 19.7 Å². The van der Waals surface area contributed by atoms with Crippen LogP contribution >= 0.6 is 0 Å². The van der Waals surface area contributed by atoms with Gasteiger partial charge in [0.2, 0.25) is 5.91 Å². The molecule has 0 aromatic heterocycles. The van der Waals surface area contributed by atoms with E-state index in [0.29, 0.717) is 26.1 Å². The van der Waals surface area contributed by atoms with Crippen molar-refractivity contribution < 1.29 is 9.53 Å². The van der Waals surface area contributed by atoms with Crippen molar-refractivity contribution in [1.29, 1.82) is 0 Å². The molecule has 0 bridgehead atoms. The molecule has 0 aliphatic heterocycles. The Labute approximate surface area is 102 Å². The predicted octanol–water partition coefficient (Wildman–Crippen LogP) is 1.31. The average Bonchev–Trinajstić information content (AvgIpc) is 2.37. The molecule has 1 aromatic rings. The summed E-state index contributed by atoms with van der Waals surface area (Å²) in [5.74, 6) is 0.928. The summed E-state index contributed by atoms with van der Waals surface area (Å²) >= 11 is 0. The van der Waals surface area contributed by atoms with Gasteiger partial charge in [-0.3, -0.25) is 4.79 Å². The predicted molar refractivity (Wildman–Crippen MR) is 67.9 cm³/mol. The standard InChI is InChI=1S/C13H20N2O2/c14-9-4-8-13(16)15-10-5-11-17-12-6-2-1-3-7-12/h1-3,6-7H,4-5,8-11,14H2,(H,15,16). The van der Waals surface area contributed by atoms with Crippen molar-refractivity contribution in [1.82, 2.24) is 5.32 Å². The zero-order valence-corrected chi connectivity index (χ0v) is 10.0. The fourth-order valence-corrected chi connectivity index (χ4v) is 1.36. The van der Waals surface area contributed by atoms with Crippen LogP contribution < -0.4 is 15.8 Å². The Morgan fingerprint density at radius 3 is 2.71 bits per heavy atom. The minimum Gasteiger partial charge on any atom is -0.494 e. The smallest absolute Gasteiger partial charge is 0.220 e. The van der Waals surface area contributed by atoms with Crippen LogP contribution in [0.15, 0.2) is 30.3 Å². The van der Waals surface area contributed by atoms with Crippen LogP contribution in [0.4, 0.5) is 0 Å². The Kier molecular flexibility index (Phi) is 6.82. The highest BCUT2D eigenvalue weighted by Gasteiger charge is 1.99. The van der Waals surface area contributed by atoms with Gasteiger partial charge in [-0.25, -0.2) is 0 Å². The number of hydrogen-bond donors (Lipinski definition) is 2. The first-order chi connectivity index (χ1) is 8.33. The summed E-state index contributed by atoms with van der Waals surface area (Å²) in [4.78, 5) is 11.2. The summed E-state index contributed by atoms with van der Waals surface area (Å²) in [5, 5.41) is 2.83. The molecule has 0 fully saturated rings. The summed E-state index contributed by atoms with van der Waals surface area (Å²) < 4.78 is 5.50. The lowest BCUT2D eigenvalue weighted by atomic mass is 10.3. The second-order valence-electron chi connectivity index (χ2n) is 3.76. The van der Waals surface area contributed by atoms with Crippen LogP contribution in [-0.2, 0) is 4.79 Å². The van der Waals surface area contributed by atoms with E-state index < -0.39 is 0 Å². The Balaban J connectivity index is 1.99. The maximum absolute atomic E-state index is 11.2. The largest absolute Gasteiger partial charge is 0.494 e. The number of hydrogen-bond acceptors (Lipinski definition) is 3. The molecule has 4 nitrogen and oxygen atoms in total. The lowest BCUT2D eigenvalue weighted by molar-refractivity contribution is -0.121. The van der Waals surface area contributed by atoms with Crippen molar-refractivity contribution in [2.45, 2.75) is 19.3 Å². The number of para-hydroxylation sites is 1. The van der Waals surface area contributed by atoms with Gasteiger partial charge in [0.15, 0.2) is 0 Å². The van der Waals surface area contributed by atoms with Crippen molar-refractivity contribution >= 4 is 5.91 Å². The molecular formula is C13H20N2O2. The maximum Gasteiger partial charge on any atom is 0.220 e. The highest BCUT2D eigenvalue weighted by molar-refractivity contribution is 5.75. The number of carbonyl (C=O) groups is 1. The van der Waals surface area contributed by atoms with E-state index in [-0.39, 0.29) is 5.91 Å². The third-order valence-corrected chi connectivity index (χ3v) is 2.26. The molecule has 4 heteroatoms. The topological polar surface area (TPSA) is 64.4 Å². The Morgan fingerprint density at radius 1 is 1.24 bits per heavy atom. The molecule has 0 aliphatic carbocycles. The molecule has 0 aliphatic rings. The zero-order valence-electron chi connectivity index (χ0n) is 10.0. The highest BCUT2D eigenvalue weighted by atomic mass is 16.5. The van der Waals surface area contributed by atoms with E-state index in [0.717, 1.165) is 18.6 Å². The second-order valence-corrected chi connectivity index (χ2v) is 3.76. The number of carbonyl (C=O) groups excluding carboxylic acids is 1. The second kappa shape index (κ2) is 8.58. The molecule has 3 N–H and O–H groups in total. The number of nitrogens with two attached hydrogens (primary N) is 1. The van der Waals surface area contributed by atoms with Crippen molar-refractivity contribution in [3.63, 3.8) is 0 Å². The molecule has 0 heterocycles. The first kappa shape index (κ1) is 13.5. The van der Waals surface area contributed by atoms with E-state index in [9.17, 15) is 4.79 Å². The van der Waals surface area contributed by atoms with E-state index in [1.54, 1.807) is 0 Å². The summed E-state index contributed by atoms with van der Waals surface area (Å²) in [6.07, 6.45) is 2.06.